The molecular formula is C12H13FN2O2. The van der Waals surface area contributed by atoms with Gasteiger partial charge in [-0.15, -0.1) is 0 Å². The zero-order valence-electron chi connectivity index (χ0n) is 9.27. The Bertz CT molecular complexity index is 485. The fourth-order valence-electron chi connectivity index (χ4n) is 1.52. The first-order valence-electron chi connectivity index (χ1n) is 5.44. The van der Waals surface area contributed by atoms with Gasteiger partial charge in [0.2, 0.25) is 5.89 Å². The van der Waals surface area contributed by atoms with E-state index >= 15 is 0 Å². The first-order valence-corrected chi connectivity index (χ1v) is 5.44. The van der Waals surface area contributed by atoms with E-state index in [1.807, 2.05) is 6.07 Å². The van der Waals surface area contributed by atoms with E-state index in [4.69, 9.17) is 9.63 Å². The molecule has 0 bridgehead atoms. The predicted molar refractivity (Wildman–Crippen MR) is 58.9 cm³/mol. The summed E-state index contributed by atoms with van der Waals surface area (Å²) in [6.45, 7) is 0.0988. The second-order valence-corrected chi connectivity index (χ2v) is 3.74. The van der Waals surface area contributed by atoms with Crippen LogP contribution < -0.4 is 0 Å². The molecule has 2 aromatic rings. The van der Waals surface area contributed by atoms with Gasteiger partial charge in [-0.2, -0.15) is 4.98 Å². The van der Waals surface area contributed by atoms with Crippen molar-refractivity contribution < 1.29 is 14.0 Å². The topological polar surface area (TPSA) is 59.2 Å². The summed E-state index contributed by atoms with van der Waals surface area (Å²) in [5.74, 6) is 0.764. The molecular weight excluding hydrogens is 223 g/mol. The molecule has 0 saturated heterocycles. The van der Waals surface area contributed by atoms with Gasteiger partial charge in [-0.1, -0.05) is 17.3 Å². The number of benzene rings is 1. The van der Waals surface area contributed by atoms with Crippen molar-refractivity contribution in [2.24, 2.45) is 0 Å². The number of nitrogens with zero attached hydrogens (tertiary/aromatic N) is 2. The first-order chi connectivity index (χ1) is 8.28. The smallest absolute Gasteiger partial charge is 0.226 e. The standard InChI is InChI=1S/C12H13FN2O2/c13-10-4-1-3-9(7-10)8-11-14-12(17-15-11)5-2-6-16/h1,3-4,7,16H,2,5-6,8H2. The van der Waals surface area contributed by atoms with E-state index in [0.29, 0.717) is 31.0 Å². The van der Waals surface area contributed by atoms with Crippen LogP contribution in [0.1, 0.15) is 23.7 Å². The molecule has 0 fully saturated rings. The molecule has 90 valence electrons. The van der Waals surface area contributed by atoms with Gasteiger partial charge < -0.3 is 9.63 Å². The summed E-state index contributed by atoms with van der Waals surface area (Å²) in [5.41, 5.74) is 0.805. The van der Waals surface area contributed by atoms with E-state index in [-0.39, 0.29) is 12.4 Å². The minimum atomic E-state index is -0.272. The molecule has 1 aromatic heterocycles. The second-order valence-electron chi connectivity index (χ2n) is 3.74. The van der Waals surface area contributed by atoms with Crippen molar-refractivity contribution in [1.29, 1.82) is 0 Å². The maximum absolute atomic E-state index is 12.9. The van der Waals surface area contributed by atoms with Crippen LogP contribution in [-0.2, 0) is 12.8 Å². The largest absolute Gasteiger partial charge is 0.396 e. The van der Waals surface area contributed by atoms with Crippen molar-refractivity contribution in [3.05, 3.63) is 47.4 Å². The molecule has 5 heteroatoms. The molecule has 0 spiro atoms. The van der Waals surface area contributed by atoms with Crippen LogP contribution in [0.4, 0.5) is 4.39 Å². The van der Waals surface area contributed by atoms with E-state index in [2.05, 4.69) is 10.1 Å². The molecule has 0 saturated carbocycles. The van der Waals surface area contributed by atoms with E-state index in [1.54, 1.807) is 6.07 Å². The molecule has 1 aromatic carbocycles. The van der Waals surface area contributed by atoms with Gasteiger partial charge in [0.15, 0.2) is 5.82 Å². The lowest BCUT2D eigenvalue weighted by atomic mass is 10.1. The Kier molecular flexibility index (Phi) is 3.82. The monoisotopic (exact) mass is 236 g/mol. The maximum Gasteiger partial charge on any atom is 0.226 e. The molecule has 0 atom stereocenters. The number of aryl methyl sites for hydroxylation is 1. The number of hydrogen-bond donors (Lipinski definition) is 1. The molecule has 2 rings (SSSR count). The van der Waals surface area contributed by atoms with Gasteiger partial charge in [-0.3, -0.25) is 0 Å². The van der Waals surface area contributed by atoms with Crippen LogP contribution in [0.15, 0.2) is 28.8 Å². The summed E-state index contributed by atoms with van der Waals surface area (Å²) in [6.07, 6.45) is 1.61. The number of aliphatic hydroxyl groups is 1. The Balaban J connectivity index is 2.01. The average molecular weight is 236 g/mol. The van der Waals surface area contributed by atoms with Crippen LogP contribution in [0, 0.1) is 5.82 Å². The number of aliphatic hydroxyl groups excluding tert-OH is 1. The zero-order valence-corrected chi connectivity index (χ0v) is 9.27. The third-order valence-corrected chi connectivity index (χ3v) is 2.31. The fraction of sp³-hybridized carbons (Fsp3) is 0.333. The maximum atomic E-state index is 12.9. The molecule has 17 heavy (non-hydrogen) atoms. The third kappa shape index (κ3) is 3.35. The van der Waals surface area contributed by atoms with Gasteiger partial charge in [-0.05, 0) is 24.1 Å². The zero-order chi connectivity index (χ0) is 12.1. The molecule has 0 aliphatic carbocycles. The number of aromatic nitrogens is 2. The molecule has 0 radical (unpaired) electrons. The summed E-state index contributed by atoms with van der Waals surface area (Å²) >= 11 is 0. The Hall–Kier alpha value is -1.75. The highest BCUT2D eigenvalue weighted by molar-refractivity contribution is 5.19. The van der Waals surface area contributed by atoms with E-state index in [0.717, 1.165) is 5.56 Å². The van der Waals surface area contributed by atoms with Crippen molar-refractivity contribution in [2.75, 3.05) is 6.61 Å². The van der Waals surface area contributed by atoms with Gasteiger partial charge in [0.25, 0.3) is 0 Å². The Morgan fingerprint density at radius 2 is 2.24 bits per heavy atom. The number of halogens is 1. The Morgan fingerprint density at radius 1 is 1.35 bits per heavy atom. The summed E-state index contributed by atoms with van der Waals surface area (Å²) in [7, 11) is 0. The van der Waals surface area contributed by atoms with Crippen LogP contribution in [0.2, 0.25) is 0 Å². The summed E-state index contributed by atoms with van der Waals surface area (Å²) in [4.78, 5) is 4.16. The van der Waals surface area contributed by atoms with Crippen LogP contribution in [0.3, 0.4) is 0 Å². The summed E-state index contributed by atoms with van der Waals surface area (Å²) in [5, 5.41) is 12.5. The molecule has 0 aliphatic heterocycles. The fourth-order valence-corrected chi connectivity index (χ4v) is 1.52. The van der Waals surface area contributed by atoms with Crippen molar-refractivity contribution >= 4 is 0 Å². The van der Waals surface area contributed by atoms with Gasteiger partial charge in [-0.25, -0.2) is 4.39 Å². The Labute approximate surface area is 98.1 Å². The highest BCUT2D eigenvalue weighted by Crippen LogP contribution is 2.09. The van der Waals surface area contributed by atoms with Crippen molar-refractivity contribution in [1.82, 2.24) is 10.1 Å². The van der Waals surface area contributed by atoms with E-state index in [1.165, 1.54) is 12.1 Å². The highest BCUT2D eigenvalue weighted by Gasteiger charge is 2.07. The molecule has 0 amide bonds. The lowest BCUT2D eigenvalue weighted by Gasteiger charge is -1.95. The summed E-state index contributed by atoms with van der Waals surface area (Å²) in [6, 6.07) is 6.31. The van der Waals surface area contributed by atoms with E-state index < -0.39 is 0 Å². The SMILES string of the molecule is OCCCc1nc(Cc2cccc(F)c2)no1. The number of hydrogen-bond acceptors (Lipinski definition) is 4. The normalized spacial score (nSPS) is 10.7. The predicted octanol–water partition coefficient (Wildman–Crippen LogP) is 1.72. The van der Waals surface area contributed by atoms with Gasteiger partial charge >= 0.3 is 0 Å². The lowest BCUT2D eigenvalue weighted by molar-refractivity contribution is 0.278. The second kappa shape index (κ2) is 5.54. The minimum Gasteiger partial charge on any atom is -0.396 e. The first kappa shape index (κ1) is 11.7. The highest BCUT2D eigenvalue weighted by atomic mass is 19.1. The minimum absolute atomic E-state index is 0.0988. The van der Waals surface area contributed by atoms with Crippen LogP contribution in [-0.4, -0.2) is 21.9 Å². The quantitative estimate of drug-likeness (QED) is 0.858. The molecule has 0 unspecified atom stereocenters. The summed E-state index contributed by atoms with van der Waals surface area (Å²) < 4.78 is 18.0. The molecule has 0 aliphatic rings. The van der Waals surface area contributed by atoms with E-state index in [9.17, 15) is 4.39 Å². The van der Waals surface area contributed by atoms with Crippen molar-refractivity contribution in [3.8, 4) is 0 Å². The third-order valence-electron chi connectivity index (χ3n) is 2.31. The average Bonchev–Trinajstić information content (AvgIpc) is 2.74. The molecule has 1 heterocycles. The van der Waals surface area contributed by atoms with Crippen LogP contribution in [0.25, 0.3) is 0 Å². The van der Waals surface area contributed by atoms with Gasteiger partial charge in [0.1, 0.15) is 5.82 Å². The lowest BCUT2D eigenvalue weighted by Crippen LogP contribution is -1.93. The molecule has 4 nitrogen and oxygen atoms in total. The van der Waals surface area contributed by atoms with Crippen LogP contribution >= 0.6 is 0 Å². The van der Waals surface area contributed by atoms with Crippen molar-refractivity contribution in [2.45, 2.75) is 19.3 Å². The van der Waals surface area contributed by atoms with Gasteiger partial charge in [0, 0.05) is 19.4 Å². The molecule has 1 N–H and O–H groups in total. The number of rotatable bonds is 5. The van der Waals surface area contributed by atoms with Crippen molar-refractivity contribution in [3.63, 3.8) is 0 Å². The Morgan fingerprint density at radius 3 is 3.00 bits per heavy atom. The van der Waals surface area contributed by atoms with Crippen LogP contribution in [0.5, 0.6) is 0 Å². The van der Waals surface area contributed by atoms with Gasteiger partial charge in [0.05, 0.1) is 0 Å².